The molecule has 0 aromatic rings. The third kappa shape index (κ3) is 48.8. The van der Waals surface area contributed by atoms with Crippen LogP contribution in [0.1, 0.15) is 278 Å². The molecule has 0 spiro atoms. The van der Waals surface area contributed by atoms with Crippen LogP contribution in [0.4, 0.5) is 0 Å². The highest BCUT2D eigenvalue weighted by atomic mass is 16.6. The number of hydrogen-bond acceptors (Lipinski definition) is 5. The van der Waals surface area contributed by atoms with E-state index in [9.17, 15) is 9.59 Å². The van der Waals surface area contributed by atoms with Crippen molar-refractivity contribution in [3.05, 3.63) is 36.5 Å². The summed E-state index contributed by atoms with van der Waals surface area (Å²) >= 11 is 0. The van der Waals surface area contributed by atoms with E-state index < -0.39 is 6.10 Å². The first-order valence-electron chi connectivity index (χ1n) is 26.5. The fourth-order valence-electron chi connectivity index (χ4n) is 7.76. The number of esters is 2. The Kier molecular flexibility index (Phi) is 49.9. The standard InChI is InChI=1S/C55H102O5/c1-4-7-10-13-16-19-21-23-25-27-28-29-30-32-34-37-39-42-45-48-54(56)59-52-53(60-55(57)49-46-43-40-36-18-15-12-9-6-3)51-58-50-47-44-41-38-35-33-31-26-24-22-20-17-14-11-8-5-2/h8,11,17,20,24,26,53H,4-7,9-10,12-16,18-19,21-23,25,27-52H2,1-3H3/b11-8-,20-17-,26-24-. The summed E-state index contributed by atoms with van der Waals surface area (Å²) in [5.41, 5.74) is 0. The lowest BCUT2D eigenvalue weighted by Gasteiger charge is -2.18. The average Bonchev–Trinajstić information content (AvgIpc) is 3.25. The molecule has 0 saturated carbocycles. The minimum absolute atomic E-state index is 0.0858. The van der Waals surface area contributed by atoms with Crippen molar-refractivity contribution in [2.24, 2.45) is 0 Å². The SMILES string of the molecule is CC/C=C\C/C=C\C/C=C\CCCCCCCCOCC(COC(=O)CCCCCCCCCCCCCCCCCCCCC)OC(=O)CCCCCCCCCCC. The maximum absolute atomic E-state index is 12.7. The second-order valence-electron chi connectivity index (χ2n) is 17.8. The molecule has 0 amide bonds. The van der Waals surface area contributed by atoms with Gasteiger partial charge in [-0.25, -0.2) is 0 Å². The van der Waals surface area contributed by atoms with E-state index in [1.807, 2.05) is 0 Å². The van der Waals surface area contributed by atoms with Gasteiger partial charge in [-0.3, -0.25) is 9.59 Å². The number of hydrogen-bond donors (Lipinski definition) is 0. The molecule has 1 atom stereocenters. The molecule has 0 saturated heterocycles. The summed E-state index contributed by atoms with van der Waals surface area (Å²) in [5.74, 6) is -0.391. The first kappa shape index (κ1) is 58.1. The Morgan fingerprint density at radius 1 is 0.383 bits per heavy atom. The summed E-state index contributed by atoms with van der Waals surface area (Å²) in [6.45, 7) is 7.72. The highest BCUT2D eigenvalue weighted by Crippen LogP contribution is 2.16. The van der Waals surface area contributed by atoms with Crippen LogP contribution in [0.25, 0.3) is 0 Å². The summed E-state index contributed by atoms with van der Waals surface area (Å²) in [6, 6.07) is 0. The first-order valence-corrected chi connectivity index (χ1v) is 26.5. The lowest BCUT2D eigenvalue weighted by Crippen LogP contribution is -2.30. The van der Waals surface area contributed by atoms with Crippen LogP contribution >= 0.6 is 0 Å². The number of allylic oxidation sites excluding steroid dienone is 6. The van der Waals surface area contributed by atoms with Crippen molar-refractivity contribution < 1.29 is 23.8 Å². The molecule has 0 heterocycles. The first-order chi connectivity index (χ1) is 29.6. The number of ether oxygens (including phenoxy) is 3. The Hall–Kier alpha value is -1.88. The van der Waals surface area contributed by atoms with Crippen LogP contribution in [-0.2, 0) is 23.8 Å². The molecule has 0 aromatic carbocycles. The van der Waals surface area contributed by atoms with E-state index in [2.05, 4.69) is 57.2 Å². The molecule has 0 N–H and O–H groups in total. The normalized spacial score (nSPS) is 12.4. The largest absolute Gasteiger partial charge is 0.462 e. The predicted molar refractivity (Wildman–Crippen MR) is 261 cm³/mol. The molecule has 1 unspecified atom stereocenters. The van der Waals surface area contributed by atoms with Gasteiger partial charge < -0.3 is 14.2 Å². The van der Waals surface area contributed by atoms with Crippen molar-refractivity contribution in [1.29, 1.82) is 0 Å². The van der Waals surface area contributed by atoms with Crippen LogP contribution in [0, 0.1) is 0 Å². The molecule has 0 aromatic heterocycles. The summed E-state index contributed by atoms with van der Waals surface area (Å²) in [6.07, 6.45) is 61.6. The lowest BCUT2D eigenvalue weighted by molar-refractivity contribution is -0.163. The van der Waals surface area contributed by atoms with Gasteiger partial charge in [0.05, 0.1) is 6.61 Å². The molecule has 60 heavy (non-hydrogen) atoms. The monoisotopic (exact) mass is 843 g/mol. The summed E-state index contributed by atoms with van der Waals surface area (Å²) in [5, 5.41) is 0. The maximum atomic E-state index is 12.7. The number of carbonyl (C=O) groups excluding carboxylic acids is 2. The predicted octanol–water partition coefficient (Wildman–Crippen LogP) is 17.8. The van der Waals surface area contributed by atoms with Gasteiger partial charge >= 0.3 is 11.9 Å². The zero-order valence-corrected chi connectivity index (χ0v) is 40.5. The van der Waals surface area contributed by atoms with Gasteiger partial charge in [0.15, 0.2) is 6.10 Å². The van der Waals surface area contributed by atoms with E-state index in [1.165, 1.54) is 180 Å². The lowest BCUT2D eigenvalue weighted by atomic mass is 10.0. The molecule has 0 aliphatic heterocycles. The van der Waals surface area contributed by atoms with Crippen molar-refractivity contribution in [3.8, 4) is 0 Å². The molecule has 5 nitrogen and oxygen atoms in total. The number of carbonyl (C=O) groups is 2. The molecule has 5 heteroatoms. The third-order valence-electron chi connectivity index (χ3n) is 11.7. The van der Waals surface area contributed by atoms with E-state index in [0.717, 1.165) is 64.2 Å². The highest BCUT2D eigenvalue weighted by molar-refractivity contribution is 5.70. The van der Waals surface area contributed by atoms with Crippen LogP contribution in [-0.4, -0.2) is 37.9 Å². The number of rotatable bonds is 49. The topological polar surface area (TPSA) is 61.8 Å². The Bertz CT molecular complexity index is 955. The maximum Gasteiger partial charge on any atom is 0.306 e. The summed E-state index contributed by atoms with van der Waals surface area (Å²) in [7, 11) is 0. The molecular weight excluding hydrogens is 741 g/mol. The second kappa shape index (κ2) is 51.5. The van der Waals surface area contributed by atoms with Crippen molar-refractivity contribution in [3.63, 3.8) is 0 Å². The summed E-state index contributed by atoms with van der Waals surface area (Å²) < 4.78 is 17.4. The Balaban J connectivity index is 4.13. The minimum atomic E-state index is -0.536. The van der Waals surface area contributed by atoms with Crippen LogP contribution in [0.5, 0.6) is 0 Å². The molecule has 0 rings (SSSR count). The van der Waals surface area contributed by atoms with E-state index in [0.29, 0.717) is 19.4 Å². The Morgan fingerprint density at radius 3 is 1.20 bits per heavy atom. The molecular formula is C55H102O5. The second-order valence-corrected chi connectivity index (χ2v) is 17.8. The van der Waals surface area contributed by atoms with Gasteiger partial charge in [0, 0.05) is 19.4 Å². The van der Waals surface area contributed by atoms with Crippen LogP contribution in [0.2, 0.25) is 0 Å². The molecule has 0 radical (unpaired) electrons. The smallest absolute Gasteiger partial charge is 0.306 e. The van der Waals surface area contributed by atoms with Gasteiger partial charge in [-0.2, -0.15) is 0 Å². The van der Waals surface area contributed by atoms with E-state index in [-0.39, 0.29) is 25.2 Å². The van der Waals surface area contributed by atoms with Gasteiger partial charge in [-0.15, -0.1) is 0 Å². The molecule has 0 fully saturated rings. The van der Waals surface area contributed by atoms with Crippen molar-refractivity contribution in [1.82, 2.24) is 0 Å². The average molecular weight is 843 g/mol. The minimum Gasteiger partial charge on any atom is -0.462 e. The van der Waals surface area contributed by atoms with Gasteiger partial charge in [-0.1, -0.05) is 250 Å². The quantitative estimate of drug-likeness (QED) is 0.0347. The summed E-state index contributed by atoms with van der Waals surface area (Å²) in [4.78, 5) is 25.3. The van der Waals surface area contributed by atoms with Crippen LogP contribution < -0.4 is 0 Å². The number of unbranched alkanes of at least 4 members (excludes halogenated alkanes) is 32. The molecule has 0 aliphatic carbocycles. The zero-order valence-electron chi connectivity index (χ0n) is 40.5. The van der Waals surface area contributed by atoms with Crippen molar-refractivity contribution in [2.75, 3.05) is 19.8 Å². The van der Waals surface area contributed by atoms with E-state index in [4.69, 9.17) is 14.2 Å². The fourth-order valence-corrected chi connectivity index (χ4v) is 7.76. The van der Waals surface area contributed by atoms with Crippen LogP contribution in [0.15, 0.2) is 36.5 Å². The fraction of sp³-hybridized carbons (Fsp3) is 0.855. The van der Waals surface area contributed by atoms with E-state index >= 15 is 0 Å². The van der Waals surface area contributed by atoms with Crippen molar-refractivity contribution >= 4 is 11.9 Å². The highest BCUT2D eigenvalue weighted by Gasteiger charge is 2.17. The van der Waals surface area contributed by atoms with E-state index in [1.54, 1.807) is 0 Å². The Labute approximate surface area is 374 Å². The van der Waals surface area contributed by atoms with Gasteiger partial charge in [0.2, 0.25) is 0 Å². The van der Waals surface area contributed by atoms with Gasteiger partial charge in [0.1, 0.15) is 6.61 Å². The van der Waals surface area contributed by atoms with Crippen molar-refractivity contribution in [2.45, 2.75) is 284 Å². The van der Waals surface area contributed by atoms with Gasteiger partial charge in [0.25, 0.3) is 0 Å². The zero-order chi connectivity index (χ0) is 43.5. The molecule has 352 valence electrons. The van der Waals surface area contributed by atoms with Gasteiger partial charge in [-0.05, 0) is 51.4 Å². The van der Waals surface area contributed by atoms with Crippen LogP contribution in [0.3, 0.4) is 0 Å². The third-order valence-corrected chi connectivity index (χ3v) is 11.7. The molecule has 0 bridgehead atoms. The Morgan fingerprint density at radius 2 is 0.750 bits per heavy atom. The molecule has 0 aliphatic rings.